The van der Waals surface area contributed by atoms with Gasteiger partial charge in [0.25, 0.3) is 10.0 Å². The molecule has 4 rings (SSSR count). The van der Waals surface area contributed by atoms with Crippen LogP contribution in [-0.4, -0.2) is 14.3 Å². The first kappa shape index (κ1) is 22.6. The number of hydrogen-bond donors (Lipinski definition) is 2. The second kappa shape index (κ2) is 10.4. The van der Waals surface area contributed by atoms with Gasteiger partial charge in [-0.05, 0) is 54.1 Å². The average molecular weight is 475 g/mol. The van der Waals surface area contributed by atoms with Crippen molar-refractivity contribution in [2.45, 2.75) is 15.0 Å². The van der Waals surface area contributed by atoms with Crippen molar-refractivity contribution in [3.8, 4) is 0 Å². The topological polar surface area (TPSA) is 75.3 Å². The molecule has 5 nitrogen and oxygen atoms in total. The van der Waals surface area contributed by atoms with E-state index < -0.39 is 15.3 Å². The summed E-state index contributed by atoms with van der Waals surface area (Å²) in [6.07, 6.45) is 0. The normalized spacial score (nSPS) is 12.0. The first-order chi connectivity index (χ1) is 16.0. The maximum Gasteiger partial charge on any atom is 0.261 e. The molecule has 0 aliphatic carbocycles. The van der Waals surface area contributed by atoms with E-state index in [0.717, 1.165) is 16.1 Å². The van der Waals surface area contributed by atoms with Gasteiger partial charge in [0.05, 0.1) is 4.90 Å². The fourth-order valence-corrected chi connectivity index (χ4v) is 5.29. The van der Waals surface area contributed by atoms with E-state index in [1.165, 1.54) is 11.8 Å². The Kier molecular flexibility index (Phi) is 7.12. The van der Waals surface area contributed by atoms with Gasteiger partial charge >= 0.3 is 0 Å². The molecule has 0 spiro atoms. The number of rotatable bonds is 8. The zero-order valence-corrected chi connectivity index (χ0v) is 19.2. The summed E-state index contributed by atoms with van der Waals surface area (Å²) in [4.78, 5) is 14.1. The molecule has 7 heteroatoms. The highest BCUT2D eigenvalue weighted by atomic mass is 32.2. The molecule has 0 aliphatic heterocycles. The van der Waals surface area contributed by atoms with Gasteiger partial charge in [0.2, 0.25) is 5.91 Å². The fraction of sp³-hybridized carbons (Fsp3) is 0.0385. The molecule has 0 bridgehead atoms. The van der Waals surface area contributed by atoms with E-state index in [-0.39, 0.29) is 10.8 Å². The Morgan fingerprint density at radius 2 is 1.21 bits per heavy atom. The zero-order chi connectivity index (χ0) is 23.1. The summed E-state index contributed by atoms with van der Waals surface area (Å²) in [5.74, 6) is -0.133. The number of anilines is 2. The van der Waals surface area contributed by atoms with Gasteiger partial charge in [0.1, 0.15) is 5.25 Å². The van der Waals surface area contributed by atoms with Crippen molar-refractivity contribution in [2.24, 2.45) is 0 Å². The lowest BCUT2D eigenvalue weighted by Gasteiger charge is -2.17. The summed E-state index contributed by atoms with van der Waals surface area (Å²) in [6.45, 7) is 0. The highest BCUT2D eigenvalue weighted by Gasteiger charge is 2.22. The molecule has 0 aliphatic rings. The third-order valence-corrected chi connectivity index (χ3v) is 7.46. The van der Waals surface area contributed by atoms with Crippen LogP contribution < -0.4 is 10.0 Å². The first-order valence-electron chi connectivity index (χ1n) is 10.3. The molecule has 0 fully saturated rings. The third-order valence-electron chi connectivity index (χ3n) is 4.80. The van der Waals surface area contributed by atoms with Crippen molar-refractivity contribution >= 4 is 39.1 Å². The molecule has 4 aromatic carbocycles. The van der Waals surface area contributed by atoms with Gasteiger partial charge in [-0.1, -0.05) is 66.7 Å². The average Bonchev–Trinajstić information content (AvgIpc) is 2.85. The quantitative estimate of drug-likeness (QED) is 0.309. The van der Waals surface area contributed by atoms with Crippen LogP contribution in [0.5, 0.6) is 0 Å². The summed E-state index contributed by atoms with van der Waals surface area (Å²) in [7, 11) is -3.66. The fourth-order valence-electron chi connectivity index (χ4n) is 3.18. The SMILES string of the molecule is O=C(Nc1ccccc1)C(Sc1ccc(NS(=O)(=O)c2ccccc2)cc1)c1ccccc1. The minimum atomic E-state index is -3.66. The van der Waals surface area contributed by atoms with Crippen molar-refractivity contribution in [1.29, 1.82) is 0 Å². The number of benzene rings is 4. The van der Waals surface area contributed by atoms with Gasteiger partial charge in [-0.2, -0.15) is 0 Å². The molecule has 1 unspecified atom stereocenters. The number of hydrogen-bond acceptors (Lipinski definition) is 4. The molecule has 1 amide bonds. The lowest BCUT2D eigenvalue weighted by atomic mass is 10.1. The molecule has 4 aromatic rings. The lowest BCUT2D eigenvalue weighted by molar-refractivity contribution is -0.115. The van der Waals surface area contributed by atoms with E-state index in [9.17, 15) is 13.2 Å². The lowest BCUT2D eigenvalue weighted by Crippen LogP contribution is -2.19. The summed E-state index contributed by atoms with van der Waals surface area (Å²) >= 11 is 1.40. The van der Waals surface area contributed by atoms with Crippen LogP contribution in [0.4, 0.5) is 11.4 Å². The van der Waals surface area contributed by atoms with Crippen LogP contribution in [0.1, 0.15) is 10.8 Å². The van der Waals surface area contributed by atoms with E-state index >= 15 is 0 Å². The highest BCUT2D eigenvalue weighted by Crippen LogP contribution is 2.36. The number of carbonyl (C=O) groups is 1. The Hall–Kier alpha value is -3.55. The molecule has 0 heterocycles. The Bertz CT molecular complexity index is 1300. The Morgan fingerprint density at radius 3 is 1.82 bits per heavy atom. The molecule has 0 saturated carbocycles. The van der Waals surface area contributed by atoms with Crippen LogP contribution in [0, 0.1) is 0 Å². The summed E-state index contributed by atoms with van der Waals surface area (Å²) in [6, 6.07) is 34.1. The van der Waals surface area contributed by atoms with Crippen molar-refractivity contribution in [3.63, 3.8) is 0 Å². The summed E-state index contributed by atoms with van der Waals surface area (Å²) in [5, 5.41) is 2.50. The predicted octanol–water partition coefficient (Wildman–Crippen LogP) is 5.96. The van der Waals surface area contributed by atoms with Gasteiger partial charge < -0.3 is 5.32 Å². The molecule has 0 saturated heterocycles. The Morgan fingerprint density at radius 1 is 0.667 bits per heavy atom. The van der Waals surface area contributed by atoms with Gasteiger partial charge in [-0.25, -0.2) is 8.42 Å². The van der Waals surface area contributed by atoms with Crippen molar-refractivity contribution in [2.75, 3.05) is 10.0 Å². The van der Waals surface area contributed by atoms with E-state index in [1.807, 2.05) is 60.7 Å². The molecule has 2 N–H and O–H groups in total. The standard InChI is InChI=1S/C26H22N2O3S2/c29-26(27-21-12-6-2-7-13-21)25(20-10-4-1-5-11-20)32-23-18-16-22(17-19-23)28-33(30,31)24-14-8-3-9-15-24/h1-19,25,28H,(H,27,29). The Labute approximate surface area is 197 Å². The van der Waals surface area contributed by atoms with Crippen molar-refractivity contribution in [1.82, 2.24) is 0 Å². The van der Waals surface area contributed by atoms with E-state index in [4.69, 9.17) is 0 Å². The van der Waals surface area contributed by atoms with Crippen LogP contribution in [-0.2, 0) is 14.8 Å². The van der Waals surface area contributed by atoms with Crippen LogP contribution in [0.25, 0.3) is 0 Å². The van der Waals surface area contributed by atoms with E-state index in [1.54, 1.807) is 54.6 Å². The number of carbonyl (C=O) groups excluding carboxylic acids is 1. The molecule has 0 radical (unpaired) electrons. The molecule has 33 heavy (non-hydrogen) atoms. The smallest absolute Gasteiger partial charge is 0.261 e. The molecule has 0 aromatic heterocycles. The van der Waals surface area contributed by atoms with E-state index in [0.29, 0.717) is 5.69 Å². The van der Waals surface area contributed by atoms with Gasteiger partial charge in [-0.15, -0.1) is 11.8 Å². The van der Waals surface area contributed by atoms with E-state index in [2.05, 4.69) is 10.0 Å². The van der Waals surface area contributed by atoms with Crippen molar-refractivity contribution < 1.29 is 13.2 Å². The predicted molar refractivity (Wildman–Crippen MR) is 134 cm³/mol. The van der Waals surface area contributed by atoms with Gasteiger partial charge in [0, 0.05) is 16.3 Å². The maximum absolute atomic E-state index is 13.1. The summed E-state index contributed by atoms with van der Waals surface area (Å²) < 4.78 is 27.7. The molecule has 1 atom stereocenters. The second-order valence-electron chi connectivity index (χ2n) is 7.21. The monoisotopic (exact) mass is 474 g/mol. The van der Waals surface area contributed by atoms with Crippen LogP contribution in [0.2, 0.25) is 0 Å². The van der Waals surface area contributed by atoms with Crippen LogP contribution in [0.15, 0.2) is 125 Å². The molecular weight excluding hydrogens is 452 g/mol. The molecular formula is C26H22N2O3S2. The number of para-hydroxylation sites is 1. The first-order valence-corrected chi connectivity index (χ1v) is 12.6. The van der Waals surface area contributed by atoms with Gasteiger partial charge in [-0.3, -0.25) is 9.52 Å². The third kappa shape index (κ3) is 6.03. The summed E-state index contributed by atoms with van der Waals surface area (Å²) in [5.41, 5.74) is 2.06. The number of amides is 1. The minimum absolute atomic E-state index is 0.133. The number of sulfonamides is 1. The second-order valence-corrected chi connectivity index (χ2v) is 10.1. The number of nitrogens with one attached hydrogen (secondary N) is 2. The maximum atomic E-state index is 13.1. The number of thioether (sulfide) groups is 1. The molecule has 166 valence electrons. The van der Waals surface area contributed by atoms with Crippen LogP contribution >= 0.6 is 11.8 Å². The highest BCUT2D eigenvalue weighted by molar-refractivity contribution is 8.00. The largest absolute Gasteiger partial charge is 0.325 e. The van der Waals surface area contributed by atoms with Crippen LogP contribution in [0.3, 0.4) is 0 Å². The van der Waals surface area contributed by atoms with Gasteiger partial charge in [0.15, 0.2) is 0 Å². The zero-order valence-electron chi connectivity index (χ0n) is 17.6. The van der Waals surface area contributed by atoms with Crippen molar-refractivity contribution in [3.05, 3.63) is 121 Å². The Balaban J connectivity index is 1.51. The minimum Gasteiger partial charge on any atom is -0.325 e.